The lowest BCUT2D eigenvalue weighted by atomic mass is 9.93. The summed E-state index contributed by atoms with van der Waals surface area (Å²) in [7, 11) is 3.35. The smallest absolute Gasteiger partial charge is 0.162 e. The number of hydrogen-bond donors (Lipinski definition) is 1. The minimum atomic E-state index is -0.769. The van der Waals surface area contributed by atoms with Crippen LogP contribution in [0.15, 0.2) is 6.20 Å². The SMILES string of the molecule is CCOC(C)(CC)C(O)c1c(OC)cnn1C. The number of nitrogens with zero attached hydrogens (tertiary/aromatic N) is 2. The quantitative estimate of drug-likeness (QED) is 0.824. The van der Waals surface area contributed by atoms with Crippen LogP contribution in [0, 0.1) is 0 Å². The third-order valence-electron chi connectivity index (χ3n) is 3.18. The fourth-order valence-electron chi connectivity index (χ4n) is 1.89. The second kappa shape index (κ2) is 5.51. The van der Waals surface area contributed by atoms with Crippen molar-refractivity contribution in [1.29, 1.82) is 0 Å². The van der Waals surface area contributed by atoms with Crippen molar-refractivity contribution in [3.05, 3.63) is 11.9 Å². The fraction of sp³-hybridized carbons (Fsp3) is 0.750. The molecule has 0 saturated carbocycles. The van der Waals surface area contributed by atoms with E-state index in [2.05, 4.69) is 5.10 Å². The highest BCUT2D eigenvalue weighted by molar-refractivity contribution is 5.28. The van der Waals surface area contributed by atoms with E-state index in [4.69, 9.17) is 9.47 Å². The van der Waals surface area contributed by atoms with Crippen molar-refractivity contribution in [3.8, 4) is 5.75 Å². The molecule has 0 aliphatic heterocycles. The molecule has 0 fully saturated rings. The molecular formula is C12H22N2O3. The van der Waals surface area contributed by atoms with Crippen molar-refractivity contribution >= 4 is 0 Å². The number of aryl methyl sites for hydroxylation is 1. The fourth-order valence-corrected chi connectivity index (χ4v) is 1.89. The number of aliphatic hydroxyl groups is 1. The highest BCUT2D eigenvalue weighted by atomic mass is 16.5. The van der Waals surface area contributed by atoms with E-state index in [0.717, 1.165) is 0 Å². The Bertz CT molecular complexity index is 365. The van der Waals surface area contributed by atoms with Gasteiger partial charge in [0.15, 0.2) is 5.75 Å². The van der Waals surface area contributed by atoms with Crippen LogP contribution in [0.3, 0.4) is 0 Å². The Balaban J connectivity index is 3.08. The standard InChI is InChI=1S/C12H22N2O3/c1-6-12(3,17-7-2)11(15)10-9(16-5)8-13-14(10)4/h8,11,15H,6-7H2,1-5H3. The summed E-state index contributed by atoms with van der Waals surface area (Å²) in [6.45, 7) is 6.36. The van der Waals surface area contributed by atoms with Gasteiger partial charge in [-0.3, -0.25) is 4.68 Å². The van der Waals surface area contributed by atoms with Crippen LogP contribution in [0.5, 0.6) is 5.75 Å². The van der Waals surface area contributed by atoms with E-state index < -0.39 is 11.7 Å². The molecule has 0 saturated heterocycles. The zero-order valence-corrected chi connectivity index (χ0v) is 11.2. The Kier molecular flexibility index (Phi) is 4.54. The largest absolute Gasteiger partial charge is 0.493 e. The Morgan fingerprint density at radius 1 is 1.53 bits per heavy atom. The van der Waals surface area contributed by atoms with Crippen LogP contribution in [-0.4, -0.2) is 34.2 Å². The van der Waals surface area contributed by atoms with Gasteiger partial charge in [-0.25, -0.2) is 0 Å². The molecule has 98 valence electrons. The van der Waals surface area contributed by atoms with E-state index in [1.54, 1.807) is 25.0 Å². The Hall–Kier alpha value is -1.07. The van der Waals surface area contributed by atoms with Crippen LogP contribution in [0.4, 0.5) is 0 Å². The van der Waals surface area contributed by atoms with Crippen molar-refractivity contribution in [1.82, 2.24) is 9.78 Å². The van der Waals surface area contributed by atoms with Crippen LogP contribution in [0.2, 0.25) is 0 Å². The molecule has 1 heterocycles. The van der Waals surface area contributed by atoms with Crippen molar-refractivity contribution < 1.29 is 14.6 Å². The van der Waals surface area contributed by atoms with Gasteiger partial charge in [0.1, 0.15) is 11.8 Å². The summed E-state index contributed by atoms with van der Waals surface area (Å²) >= 11 is 0. The van der Waals surface area contributed by atoms with Crippen molar-refractivity contribution in [3.63, 3.8) is 0 Å². The van der Waals surface area contributed by atoms with Crippen molar-refractivity contribution in [2.75, 3.05) is 13.7 Å². The van der Waals surface area contributed by atoms with Crippen LogP contribution in [-0.2, 0) is 11.8 Å². The molecule has 0 aliphatic carbocycles. The van der Waals surface area contributed by atoms with Gasteiger partial charge in [0.2, 0.25) is 0 Å². The first-order valence-corrected chi connectivity index (χ1v) is 5.88. The second-order valence-electron chi connectivity index (χ2n) is 4.22. The monoisotopic (exact) mass is 242 g/mol. The van der Waals surface area contributed by atoms with Crippen LogP contribution >= 0.6 is 0 Å². The molecule has 0 aliphatic rings. The van der Waals surface area contributed by atoms with Gasteiger partial charge >= 0.3 is 0 Å². The summed E-state index contributed by atoms with van der Waals surface area (Å²) in [5.74, 6) is 0.583. The van der Waals surface area contributed by atoms with Crippen LogP contribution in [0.1, 0.15) is 39.0 Å². The number of rotatable bonds is 6. The summed E-state index contributed by atoms with van der Waals surface area (Å²) in [5.41, 5.74) is 0.0147. The number of aromatic nitrogens is 2. The highest BCUT2D eigenvalue weighted by Crippen LogP contribution is 2.36. The van der Waals surface area contributed by atoms with E-state index in [1.807, 2.05) is 20.8 Å². The zero-order chi connectivity index (χ0) is 13.1. The van der Waals surface area contributed by atoms with Crippen molar-refractivity contribution in [2.45, 2.75) is 38.9 Å². The van der Waals surface area contributed by atoms with Gasteiger partial charge in [0, 0.05) is 13.7 Å². The first-order valence-electron chi connectivity index (χ1n) is 5.88. The predicted molar refractivity (Wildman–Crippen MR) is 65.0 cm³/mol. The Labute approximate surface area is 102 Å². The lowest BCUT2D eigenvalue weighted by Crippen LogP contribution is -2.36. The van der Waals surface area contributed by atoms with E-state index in [1.165, 1.54) is 0 Å². The van der Waals surface area contributed by atoms with Crippen molar-refractivity contribution in [2.24, 2.45) is 7.05 Å². The number of ether oxygens (including phenoxy) is 2. The molecule has 5 nitrogen and oxygen atoms in total. The number of methoxy groups -OCH3 is 1. The topological polar surface area (TPSA) is 56.5 Å². The molecule has 0 bridgehead atoms. The normalized spacial score (nSPS) is 16.6. The molecule has 1 aromatic rings. The molecule has 1 N–H and O–H groups in total. The average molecular weight is 242 g/mol. The van der Waals surface area contributed by atoms with Gasteiger partial charge in [0.05, 0.1) is 18.9 Å². The zero-order valence-electron chi connectivity index (χ0n) is 11.2. The summed E-state index contributed by atoms with van der Waals surface area (Å²) in [6.07, 6.45) is 1.53. The third-order valence-corrected chi connectivity index (χ3v) is 3.18. The maximum absolute atomic E-state index is 10.5. The van der Waals surface area contributed by atoms with Crippen LogP contribution in [0.25, 0.3) is 0 Å². The number of hydrogen-bond acceptors (Lipinski definition) is 4. The molecule has 1 rings (SSSR count). The predicted octanol–water partition coefficient (Wildman–Crippen LogP) is 1.67. The molecular weight excluding hydrogens is 220 g/mol. The first kappa shape index (κ1) is 14.0. The molecule has 1 aromatic heterocycles. The minimum Gasteiger partial charge on any atom is -0.493 e. The third kappa shape index (κ3) is 2.61. The van der Waals surface area contributed by atoms with Gasteiger partial charge < -0.3 is 14.6 Å². The van der Waals surface area contributed by atoms with E-state index in [0.29, 0.717) is 24.5 Å². The van der Waals surface area contributed by atoms with E-state index in [9.17, 15) is 5.11 Å². The molecule has 0 radical (unpaired) electrons. The lowest BCUT2D eigenvalue weighted by molar-refractivity contribution is -0.116. The maximum atomic E-state index is 10.5. The van der Waals surface area contributed by atoms with E-state index >= 15 is 0 Å². The summed E-state index contributed by atoms with van der Waals surface area (Å²) in [4.78, 5) is 0. The molecule has 2 atom stereocenters. The van der Waals surface area contributed by atoms with Gasteiger partial charge in [-0.2, -0.15) is 5.10 Å². The van der Waals surface area contributed by atoms with Gasteiger partial charge in [0.25, 0.3) is 0 Å². The summed E-state index contributed by atoms with van der Waals surface area (Å²) < 4.78 is 12.5. The highest BCUT2D eigenvalue weighted by Gasteiger charge is 2.36. The lowest BCUT2D eigenvalue weighted by Gasteiger charge is -2.33. The molecule has 0 spiro atoms. The molecule has 0 aromatic carbocycles. The average Bonchev–Trinajstić information content (AvgIpc) is 2.69. The summed E-state index contributed by atoms with van der Waals surface area (Å²) in [6, 6.07) is 0. The second-order valence-corrected chi connectivity index (χ2v) is 4.22. The van der Waals surface area contributed by atoms with E-state index in [-0.39, 0.29) is 0 Å². The minimum absolute atomic E-state index is 0.557. The van der Waals surface area contributed by atoms with Crippen LogP contribution < -0.4 is 4.74 Å². The Morgan fingerprint density at radius 3 is 2.65 bits per heavy atom. The van der Waals surface area contributed by atoms with Gasteiger partial charge in [-0.1, -0.05) is 6.92 Å². The molecule has 5 heteroatoms. The molecule has 17 heavy (non-hydrogen) atoms. The Morgan fingerprint density at radius 2 is 2.18 bits per heavy atom. The first-order chi connectivity index (χ1) is 8.00. The number of aliphatic hydroxyl groups excluding tert-OH is 1. The summed E-state index contributed by atoms with van der Waals surface area (Å²) in [5, 5.41) is 14.6. The molecule has 2 unspecified atom stereocenters. The van der Waals surface area contributed by atoms with Gasteiger partial charge in [-0.15, -0.1) is 0 Å². The molecule has 0 amide bonds. The maximum Gasteiger partial charge on any atom is 0.162 e. The van der Waals surface area contributed by atoms with Gasteiger partial charge in [-0.05, 0) is 20.3 Å².